The molecule has 0 unspecified atom stereocenters. The van der Waals surface area contributed by atoms with Gasteiger partial charge in [-0.1, -0.05) is 12.1 Å². The van der Waals surface area contributed by atoms with Gasteiger partial charge in [0.1, 0.15) is 10.8 Å². The van der Waals surface area contributed by atoms with E-state index >= 15 is 0 Å². The summed E-state index contributed by atoms with van der Waals surface area (Å²) in [5, 5.41) is 0.866. The number of aryl methyl sites for hydroxylation is 3. The van der Waals surface area contributed by atoms with Crippen molar-refractivity contribution in [3.05, 3.63) is 51.3 Å². The van der Waals surface area contributed by atoms with E-state index in [4.69, 9.17) is 4.74 Å². The smallest absolute Gasteiger partial charge is 0.241 e. The van der Waals surface area contributed by atoms with E-state index in [9.17, 15) is 8.42 Å². The van der Waals surface area contributed by atoms with Crippen LogP contribution in [0.2, 0.25) is 0 Å². The van der Waals surface area contributed by atoms with Crippen molar-refractivity contribution in [1.29, 1.82) is 0 Å². The molecular weight excluding hydrogens is 412 g/mol. The Bertz CT molecular complexity index is 1050. The van der Waals surface area contributed by atoms with Crippen LogP contribution in [0.15, 0.2) is 35.2 Å². The van der Waals surface area contributed by atoms with Crippen LogP contribution in [-0.2, 0) is 16.6 Å². The molecule has 5 nitrogen and oxygen atoms in total. The monoisotopic (exact) mass is 436 g/mol. The number of nitrogens with one attached hydrogen (secondary N) is 1. The average Bonchev–Trinajstić information content (AvgIpc) is 3.17. The summed E-state index contributed by atoms with van der Waals surface area (Å²) >= 11 is 3.05. The zero-order valence-electron chi connectivity index (χ0n) is 16.6. The van der Waals surface area contributed by atoms with E-state index in [0.29, 0.717) is 4.90 Å². The van der Waals surface area contributed by atoms with Gasteiger partial charge in [-0.2, -0.15) is 0 Å². The van der Waals surface area contributed by atoms with Crippen molar-refractivity contribution in [2.45, 2.75) is 52.2 Å². The maximum atomic E-state index is 12.8. The number of aromatic nitrogens is 1. The van der Waals surface area contributed by atoms with E-state index in [1.165, 1.54) is 11.3 Å². The van der Waals surface area contributed by atoms with Gasteiger partial charge in [-0.05, 0) is 58.4 Å². The van der Waals surface area contributed by atoms with Crippen molar-refractivity contribution in [2.75, 3.05) is 0 Å². The van der Waals surface area contributed by atoms with Crippen LogP contribution < -0.4 is 9.46 Å². The highest BCUT2D eigenvalue weighted by Crippen LogP contribution is 2.36. The normalized spacial score (nSPS) is 11.9. The van der Waals surface area contributed by atoms with Crippen LogP contribution in [-0.4, -0.2) is 19.5 Å². The summed E-state index contributed by atoms with van der Waals surface area (Å²) in [7, 11) is -3.60. The fourth-order valence-electron chi connectivity index (χ4n) is 2.63. The molecule has 0 spiro atoms. The largest absolute Gasteiger partial charge is 0.491 e. The number of benzene rings is 1. The van der Waals surface area contributed by atoms with Gasteiger partial charge in [0.2, 0.25) is 10.0 Å². The SMILES string of the molecule is Cc1nc(-c2cc(S(=O)(=O)NCc3ccc(OC(C)C)cc3)c(C)s2)sc1C. The van der Waals surface area contributed by atoms with Gasteiger partial charge in [-0.15, -0.1) is 22.7 Å². The molecule has 28 heavy (non-hydrogen) atoms. The first kappa shape index (κ1) is 21.0. The van der Waals surface area contributed by atoms with Crippen LogP contribution in [0.1, 0.15) is 34.9 Å². The number of nitrogens with zero attached hydrogens (tertiary/aromatic N) is 1. The molecule has 0 saturated carbocycles. The fraction of sp³-hybridized carbons (Fsp3) is 0.350. The van der Waals surface area contributed by atoms with E-state index in [2.05, 4.69) is 9.71 Å². The number of sulfonamides is 1. The highest BCUT2D eigenvalue weighted by molar-refractivity contribution is 7.89. The van der Waals surface area contributed by atoms with Crippen molar-refractivity contribution >= 4 is 32.7 Å². The van der Waals surface area contributed by atoms with Crippen molar-refractivity contribution in [2.24, 2.45) is 0 Å². The molecule has 2 aromatic heterocycles. The molecule has 0 aliphatic rings. The van der Waals surface area contributed by atoms with Crippen LogP contribution in [0.5, 0.6) is 5.75 Å². The van der Waals surface area contributed by atoms with Gasteiger partial charge in [0, 0.05) is 16.3 Å². The maximum Gasteiger partial charge on any atom is 0.241 e. The summed E-state index contributed by atoms with van der Waals surface area (Å²) in [6.07, 6.45) is 0.102. The molecule has 1 N–H and O–H groups in total. The summed E-state index contributed by atoms with van der Waals surface area (Å²) < 4.78 is 33.9. The van der Waals surface area contributed by atoms with E-state index in [0.717, 1.165) is 36.6 Å². The summed E-state index contributed by atoms with van der Waals surface area (Å²) in [5.41, 5.74) is 1.86. The van der Waals surface area contributed by atoms with Crippen LogP contribution in [0, 0.1) is 20.8 Å². The first-order valence-corrected chi connectivity index (χ1v) is 12.1. The molecule has 0 radical (unpaired) electrons. The second-order valence-corrected chi connectivity index (χ2v) is 11.0. The Balaban J connectivity index is 1.74. The third kappa shape index (κ3) is 4.81. The second kappa shape index (κ2) is 8.32. The van der Waals surface area contributed by atoms with E-state index < -0.39 is 10.0 Å². The van der Waals surface area contributed by atoms with Gasteiger partial charge >= 0.3 is 0 Å². The summed E-state index contributed by atoms with van der Waals surface area (Å²) in [5.74, 6) is 0.772. The molecule has 8 heteroatoms. The fourth-order valence-corrected chi connectivity index (χ4v) is 6.20. The van der Waals surface area contributed by atoms with Crippen molar-refractivity contribution in [1.82, 2.24) is 9.71 Å². The average molecular weight is 437 g/mol. The third-order valence-corrected chi connectivity index (χ3v) is 8.11. The van der Waals surface area contributed by atoms with Gasteiger partial charge in [-0.3, -0.25) is 0 Å². The van der Waals surface area contributed by atoms with Crippen molar-refractivity contribution in [3.63, 3.8) is 0 Å². The Morgan fingerprint density at radius 3 is 2.32 bits per heavy atom. The maximum absolute atomic E-state index is 12.8. The van der Waals surface area contributed by atoms with E-state index in [1.54, 1.807) is 17.4 Å². The molecule has 0 amide bonds. The first-order chi connectivity index (χ1) is 13.2. The standard InChI is InChI=1S/C20H24N2O3S3/c1-12(2)25-17-8-6-16(7-9-17)11-21-28(23,24)19-10-18(26-15(19)5)20-22-13(3)14(4)27-20/h6-10,12,21H,11H2,1-5H3. The van der Waals surface area contributed by atoms with Crippen molar-refractivity contribution < 1.29 is 13.2 Å². The third-order valence-electron chi connectivity index (χ3n) is 4.16. The predicted molar refractivity (Wildman–Crippen MR) is 116 cm³/mol. The zero-order chi connectivity index (χ0) is 20.5. The molecule has 3 aromatic rings. The zero-order valence-corrected chi connectivity index (χ0v) is 19.0. The van der Waals surface area contributed by atoms with Crippen LogP contribution in [0.4, 0.5) is 0 Å². The molecule has 0 saturated heterocycles. The predicted octanol–water partition coefficient (Wildman–Crippen LogP) is 5.06. The Labute approximate surface area is 174 Å². The quantitative estimate of drug-likeness (QED) is 0.562. The lowest BCUT2D eigenvalue weighted by atomic mass is 10.2. The summed E-state index contributed by atoms with van der Waals surface area (Å²) in [6, 6.07) is 9.16. The van der Waals surface area contributed by atoms with Crippen LogP contribution >= 0.6 is 22.7 Å². The van der Waals surface area contributed by atoms with E-state index in [1.807, 2.05) is 58.9 Å². The molecule has 0 atom stereocenters. The van der Waals surface area contributed by atoms with Crippen LogP contribution in [0.25, 0.3) is 9.88 Å². The minimum Gasteiger partial charge on any atom is -0.491 e. The molecule has 0 bridgehead atoms. The van der Waals surface area contributed by atoms with E-state index in [-0.39, 0.29) is 12.6 Å². The number of thiophene rings is 1. The summed E-state index contributed by atoms with van der Waals surface area (Å²) in [6.45, 7) is 9.97. The molecule has 0 fully saturated rings. The topological polar surface area (TPSA) is 68.3 Å². The van der Waals surface area contributed by atoms with Gasteiger partial charge in [-0.25, -0.2) is 18.1 Å². The molecule has 2 heterocycles. The molecular formula is C20H24N2O3S3. The van der Waals surface area contributed by atoms with Gasteiger partial charge in [0.25, 0.3) is 0 Å². The number of thiazole rings is 1. The number of ether oxygens (including phenoxy) is 1. The lowest BCUT2D eigenvalue weighted by Crippen LogP contribution is -2.23. The van der Waals surface area contributed by atoms with Crippen LogP contribution in [0.3, 0.4) is 0 Å². The molecule has 3 rings (SSSR count). The van der Waals surface area contributed by atoms with Crippen molar-refractivity contribution in [3.8, 4) is 15.6 Å². The Hall–Kier alpha value is -1.74. The number of rotatable bonds is 7. The highest BCUT2D eigenvalue weighted by atomic mass is 32.2. The molecule has 150 valence electrons. The minimum atomic E-state index is -3.60. The second-order valence-electron chi connectivity index (χ2n) is 6.83. The molecule has 0 aliphatic heterocycles. The minimum absolute atomic E-state index is 0.102. The van der Waals surface area contributed by atoms with Gasteiger partial charge < -0.3 is 4.74 Å². The number of hydrogen-bond donors (Lipinski definition) is 1. The molecule has 1 aromatic carbocycles. The lowest BCUT2D eigenvalue weighted by Gasteiger charge is -2.10. The Kier molecular flexibility index (Phi) is 6.24. The first-order valence-electron chi connectivity index (χ1n) is 8.96. The lowest BCUT2D eigenvalue weighted by molar-refractivity contribution is 0.242. The van der Waals surface area contributed by atoms with Gasteiger partial charge in [0.05, 0.1) is 21.6 Å². The molecule has 0 aliphatic carbocycles. The number of hydrogen-bond acceptors (Lipinski definition) is 6. The Morgan fingerprint density at radius 2 is 1.75 bits per heavy atom. The highest BCUT2D eigenvalue weighted by Gasteiger charge is 2.21. The Morgan fingerprint density at radius 1 is 1.07 bits per heavy atom. The van der Waals surface area contributed by atoms with Gasteiger partial charge in [0.15, 0.2) is 0 Å². The summed E-state index contributed by atoms with van der Waals surface area (Å²) in [4.78, 5) is 7.65.